The molecule has 2 radical (unpaired) electrons. The average Bonchev–Trinajstić information content (AvgIpc) is 0.811. The summed E-state index contributed by atoms with van der Waals surface area (Å²) < 4.78 is 0. The normalized spacial score (nSPS) is 5.20. The van der Waals surface area contributed by atoms with Crippen molar-refractivity contribution in [1.82, 2.24) is 0 Å². The molecule has 0 atom stereocenters. The summed E-state index contributed by atoms with van der Waals surface area (Å²) in [7, 11) is 0. The zero-order chi connectivity index (χ0) is 3.58. The second-order valence-electron chi connectivity index (χ2n) is 0.908. The van der Waals surface area contributed by atoms with E-state index in [0.717, 1.165) is 0 Å². The SMILES string of the molecule is CC(C)=O.[Se]. The van der Waals surface area contributed by atoms with Crippen LogP contribution in [-0.2, 0) is 4.79 Å². The number of ketones is 1. The second-order valence-corrected chi connectivity index (χ2v) is 0.908. The fourth-order valence-electron chi connectivity index (χ4n) is 0. The molecule has 0 aliphatic heterocycles. The minimum atomic E-state index is 0. The molecule has 1 nitrogen and oxygen atoms in total. The van der Waals surface area contributed by atoms with Crippen LogP contribution in [0.3, 0.4) is 0 Å². The summed E-state index contributed by atoms with van der Waals surface area (Å²) in [5.41, 5.74) is 0. The van der Waals surface area contributed by atoms with E-state index < -0.39 is 0 Å². The zero-order valence-corrected chi connectivity index (χ0v) is 5.03. The Kier molecular flexibility index (Phi) is 7.50. The third-order valence-corrected chi connectivity index (χ3v) is 0. The van der Waals surface area contributed by atoms with Crippen molar-refractivity contribution in [3.63, 3.8) is 0 Å². The van der Waals surface area contributed by atoms with Gasteiger partial charge in [-0.25, -0.2) is 0 Å². The van der Waals surface area contributed by atoms with Crippen molar-refractivity contribution < 1.29 is 4.79 Å². The van der Waals surface area contributed by atoms with Gasteiger partial charge in [-0.15, -0.1) is 0 Å². The Labute approximate surface area is 42.2 Å². The van der Waals surface area contributed by atoms with Gasteiger partial charge in [-0.1, -0.05) is 0 Å². The van der Waals surface area contributed by atoms with E-state index in [1.807, 2.05) is 0 Å². The molecule has 0 fully saturated rings. The zero-order valence-electron chi connectivity index (χ0n) is 3.32. The van der Waals surface area contributed by atoms with E-state index in [0.29, 0.717) is 0 Å². The largest absolute Gasteiger partial charge is 0.300 e. The van der Waals surface area contributed by atoms with E-state index in [2.05, 4.69) is 0 Å². The van der Waals surface area contributed by atoms with E-state index in [1.54, 1.807) is 0 Å². The van der Waals surface area contributed by atoms with E-state index in [1.165, 1.54) is 13.8 Å². The van der Waals surface area contributed by atoms with Crippen molar-refractivity contribution in [1.29, 1.82) is 0 Å². The predicted molar refractivity (Wildman–Crippen MR) is 22.1 cm³/mol. The molecule has 0 spiro atoms. The number of rotatable bonds is 0. The van der Waals surface area contributed by atoms with Gasteiger partial charge in [-0.05, 0) is 13.8 Å². The third-order valence-electron chi connectivity index (χ3n) is 0. The Balaban J connectivity index is 0. The van der Waals surface area contributed by atoms with Crippen LogP contribution in [0, 0.1) is 0 Å². The monoisotopic (exact) mass is 138 g/mol. The summed E-state index contributed by atoms with van der Waals surface area (Å²) in [5.74, 6) is 0.167. The van der Waals surface area contributed by atoms with Gasteiger partial charge < -0.3 is 4.79 Å². The van der Waals surface area contributed by atoms with Gasteiger partial charge in [0.1, 0.15) is 5.78 Å². The van der Waals surface area contributed by atoms with Crippen molar-refractivity contribution in [3.05, 3.63) is 0 Å². The van der Waals surface area contributed by atoms with Crippen molar-refractivity contribution in [2.75, 3.05) is 0 Å². The fourth-order valence-corrected chi connectivity index (χ4v) is 0. The summed E-state index contributed by atoms with van der Waals surface area (Å²) in [6, 6.07) is 0. The first-order valence-corrected chi connectivity index (χ1v) is 1.20. The van der Waals surface area contributed by atoms with Crippen molar-refractivity contribution in [3.8, 4) is 0 Å². The van der Waals surface area contributed by atoms with Crippen LogP contribution in [0.25, 0.3) is 0 Å². The Morgan fingerprint density at radius 1 is 1.40 bits per heavy atom. The van der Waals surface area contributed by atoms with Crippen LogP contribution in [0.1, 0.15) is 13.8 Å². The fraction of sp³-hybridized carbons (Fsp3) is 0.667. The molecule has 0 saturated heterocycles. The van der Waals surface area contributed by atoms with Crippen LogP contribution in [0.4, 0.5) is 0 Å². The van der Waals surface area contributed by atoms with Gasteiger partial charge in [0.25, 0.3) is 0 Å². The maximum atomic E-state index is 9.44. The molecule has 5 heavy (non-hydrogen) atoms. The summed E-state index contributed by atoms with van der Waals surface area (Å²) in [5, 5.41) is 0. The molecule has 0 bridgehead atoms. The van der Waals surface area contributed by atoms with Crippen LogP contribution >= 0.6 is 0 Å². The van der Waals surface area contributed by atoms with Crippen LogP contribution in [0.15, 0.2) is 0 Å². The molecule has 0 amide bonds. The van der Waals surface area contributed by atoms with E-state index in [4.69, 9.17) is 0 Å². The molecular formula is C3H6OSe. The smallest absolute Gasteiger partial charge is 0.126 e. The predicted octanol–water partition coefficient (Wildman–Crippen LogP) is 0.214. The maximum Gasteiger partial charge on any atom is 0.126 e. The molecule has 0 aromatic heterocycles. The summed E-state index contributed by atoms with van der Waals surface area (Å²) in [6.07, 6.45) is 0. The first-order valence-electron chi connectivity index (χ1n) is 1.20. The number of carbonyl (C=O) groups is 1. The molecule has 0 saturated carbocycles. The molecule has 0 heterocycles. The van der Waals surface area contributed by atoms with Crippen molar-refractivity contribution in [2.45, 2.75) is 13.8 Å². The number of Topliss-reactive ketones (excluding diaryl/α,β-unsaturated/α-hetero) is 1. The standard InChI is InChI=1S/C3H6O.Se/c1-3(2)4;/h1-2H3;. The minimum Gasteiger partial charge on any atom is -0.300 e. The Hall–Kier alpha value is 0.189. The van der Waals surface area contributed by atoms with E-state index in [9.17, 15) is 4.79 Å². The van der Waals surface area contributed by atoms with Crippen LogP contribution in [0.5, 0.6) is 0 Å². The van der Waals surface area contributed by atoms with Crippen molar-refractivity contribution >= 4 is 22.9 Å². The molecule has 0 aliphatic carbocycles. The first kappa shape index (κ1) is 8.95. The van der Waals surface area contributed by atoms with Gasteiger partial charge in [0, 0.05) is 17.1 Å². The Morgan fingerprint density at radius 3 is 1.40 bits per heavy atom. The van der Waals surface area contributed by atoms with E-state index >= 15 is 0 Å². The molecular weight excluding hydrogens is 131 g/mol. The minimum absolute atomic E-state index is 0. The van der Waals surface area contributed by atoms with Gasteiger partial charge in [0.2, 0.25) is 0 Å². The van der Waals surface area contributed by atoms with Crippen LogP contribution in [-0.4, -0.2) is 22.9 Å². The first-order chi connectivity index (χ1) is 1.73. The average molecular weight is 137 g/mol. The molecule has 0 rings (SSSR count). The summed E-state index contributed by atoms with van der Waals surface area (Å²) in [4.78, 5) is 9.44. The molecule has 0 N–H and O–H groups in total. The van der Waals surface area contributed by atoms with Crippen LogP contribution < -0.4 is 0 Å². The molecule has 30 valence electrons. The second kappa shape index (κ2) is 4.19. The van der Waals surface area contributed by atoms with Gasteiger partial charge >= 0.3 is 0 Å². The Bertz CT molecular complexity index is 29.9. The van der Waals surface area contributed by atoms with Gasteiger partial charge in [0.15, 0.2) is 0 Å². The number of hydrogen-bond acceptors (Lipinski definition) is 1. The molecule has 0 aromatic rings. The number of hydrogen-bond donors (Lipinski definition) is 0. The molecule has 0 aromatic carbocycles. The molecule has 2 heteroatoms. The van der Waals surface area contributed by atoms with E-state index in [-0.39, 0.29) is 22.9 Å². The van der Waals surface area contributed by atoms with Gasteiger partial charge in [-0.3, -0.25) is 0 Å². The summed E-state index contributed by atoms with van der Waals surface area (Å²) >= 11 is 0. The third kappa shape index (κ3) is 559. The molecule has 0 unspecified atom stereocenters. The topological polar surface area (TPSA) is 17.1 Å². The maximum absolute atomic E-state index is 9.44. The summed E-state index contributed by atoms with van der Waals surface area (Å²) in [6.45, 7) is 3.06. The van der Waals surface area contributed by atoms with Gasteiger partial charge in [-0.2, -0.15) is 0 Å². The van der Waals surface area contributed by atoms with Crippen molar-refractivity contribution in [2.24, 2.45) is 0 Å². The number of carbonyl (C=O) groups excluding carboxylic acids is 1. The van der Waals surface area contributed by atoms with Crippen LogP contribution in [0.2, 0.25) is 0 Å². The quantitative estimate of drug-likeness (QED) is 0.436. The molecule has 0 aliphatic rings. The Morgan fingerprint density at radius 2 is 1.40 bits per heavy atom. The van der Waals surface area contributed by atoms with Gasteiger partial charge in [0.05, 0.1) is 0 Å².